The van der Waals surface area contributed by atoms with Gasteiger partial charge < -0.3 is 25.4 Å². The Morgan fingerprint density at radius 2 is 1.56 bits per heavy atom. The number of carbonyl (C=O) groups is 3. The lowest BCUT2D eigenvalue weighted by Gasteiger charge is -2.27. The van der Waals surface area contributed by atoms with Crippen LogP contribution in [0.1, 0.15) is 61.1 Å². The van der Waals surface area contributed by atoms with Crippen molar-refractivity contribution in [3.05, 3.63) is 95.3 Å². The molecule has 1 atom stereocenters. The molecular weight excluding hydrogens is 577 g/mol. The summed E-state index contributed by atoms with van der Waals surface area (Å²) in [5, 5.41) is 11.3. The highest BCUT2D eigenvalue weighted by atomic mass is 19.1. The fourth-order valence-corrected chi connectivity index (χ4v) is 4.87. The van der Waals surface area contributed by atoms with E-state index in [-0.39, 0.29) is 24.3 Å². The van der Waals surface area contributed by atoms with E-state index in [9.17, 15) is 18.8 Å². The number of halogens is 1. The molecule has 0 spiro atoms. The molecule has 1 heterocycles. The Balaban J connectivity index is 1.41. The summed E-state index contributed by atoms with van der Waals surface area (Å²) in [7, 11) is 0. The van der Waals surface area contributed by atoms with Crippen LogP contribution in [0.4, 0.5) is 25.4 Å². The van der Waals surface area contributed by atoms with Crippen LogP contribution in [-0.4, -0.2) is 61.4 Å². The van der Waals surface area contributed by atoms with Gasteiger partial charge >= 0.3 is 12.1 Å². The number of carbonyl (C=O) groups excluding carboxylic acids is 3. The van der Waals surface area contributed by atoms with E-state index < -0.39 is 17.7 Å². The van der Waals surface area contributed by atoms with Gasteiger partial charge in [0.25, 0.3) is 5.91 Å². The van der Waals surface area contributed by atoms with E-state index in [0.717, 1.165) is 31.6 Å². The van der Waals surface area contributed by atoms with Crippen molar-refractivity contribution in [1.82, 2.24) is 15.5 Å². The number of morpholine rings is 1. The average molecular weight is 620 g/mol. The topological polar surface area (TPSA) is 121 Å². The SMILES string of the molecule is CC(C)(C)OC(=O)Nc1ccccc1NC(=O)c1ccc(C(CCCN2CCOCC2)NC(=O)NCc2ccccc2F)cc1. The van der Waals surface area contributed by atoms with Gasteiger partial charge in [0.1, 0.15) is 11.4 Å². The Labute approximate surface area is 263 Å². The molecule has 4 amide bonds. The van der Waals surface area contributed by atoms with Crippen molar-refractivity contribution in [2.45, 2.75) is 51.8 Å². The zero-order valence-corrected chi connectivity index (χ0v) is 26.0. The molecule has 1 aliphatic rings. The Morgan fingerprint density at radius 3 is 2.22 bits per heavy atom. The van der Waals surface area contributed by atoms with Gasteiger partial charge in [-0.15, -0.1) is 0 Å². The maximum absolute atomic E-state index is 14.0. The fraction of sp³-hybridized carbons (Fsp3) is 0.382. The van der Waals surface area contributed by atoms with Gasteiger partial charge in [0.2, 0.25) is 0 Å². The Bertz CT molecular complexity index is 1440. The largest absolute Gasteiger partial charge is 0.444 e. The standard InChI is InChI=1S/C34H42FN5O5/c1-34(2,3)45-33(43)39-30-12-7-6-11-29(30)37-31(41)25-16-14-24(15-17-25)28(13-8-18-40-19-21-44-22-20-40)38-32(42)36-23-26-9-4-5-10-27(26)35/h4-7,9-12,14-17,28H,8,13,18-23H2,1-3H3,(H,37,41)(H,39,43)(H2,36,38,42). The van der Waals surface area contributed by atoms with Gasteiger partial charge in [-0.05, 0) is 76.1 Å². The molecule has 0 aliphatic carbocycles. The number of rotatable bonds is 11. The lowest BCUT2D eigenvalue weighted by atomic mass is 10.00. The van der Waals surface area contributed by atoms with Gasteiger partial charge in [-0.25, -0.2) is 14.0 Å². The van der Waals surface area contributed by atoms with E-state index in [0.29, 0.717) is 42.1 Å². The first-order valence-electron chi connectivity index (χ1n) is 15.2. The summed E-state index contributed by atoms with van der Waals surface area (Å²) in [6.45, 7) is 9.42. The number of hydrogen-bond acceptors (Lipinski definition) is 6. The summed E-state index contributed by atoms with van der Waals surface area (Å²) in [5.41, 5.74) is 1.80. The minimum absolute atomic E-state index is 0.0579. The minimum Gasteiger partial charge on any atom is -0.444 e. The molecule has 45 heavy (non-hydrogen) atoms. The van der Waals surface area contributed by atoms with Gasteiger partial charge in [-0.2, -0.15) is 0 Å². The first-order chi connectivity index (χ1) is 21.6. The number of hydrogen-bond donors (Lipinski definition) is 4. The first-order valence-corrected chi connectivity index (χ1v) is 15.2. The zero-order valence-electron chi connectivity index (χ0n) is 26.0. The molecule has 1 saturated heterocycles. The second-order valence-electron chi connectivity index (χ2n) is 11.8. The predicted octanol–water partition coefficient (Wildman–Crippen LogP) is 6.08. The number of nitrogens with zero attached hydrogens (tertiary/aromatic N) is 1. The van der Waals surface area contributed by atoms with Gasteiger partial charge in [0.15, 0.2) is 0 Å². The van der Waals surface area contributed by atoms with Crippen LogP contribution in [0.15, 0.2) is 72.8 Å². The van der Waals surface area contributed by atoms with Crippen LogP contribution in [0.2, 0.25) is 0 Å². The lowest BCUT2D eigenvalue weighted by molar-refractivity contribution is 0.0369. The molecule has 10 nitrogen and oxygen atoms in total. The molecule has 240 valence electrons. The van der Waals surface area contributed by atoms with Crippen LogP contribution in [0, 0.1) is 5.82 Å². The maximum atomic E-state index is 14.0. The summed E-state index contributed by atoms with van der Waals surface area (Å²) in [6.07, 6.45) is 0.875. The van der Waals surface area contributed by atoms with Crippen LogP contribution in [0.5, 0.6) is 0 Å². The number of benzene rings is 3. The number of anilines is 2. The Hall–Kier alpha value is -4.48. The monoisotopic (exact) mass is 619 g/mol. The molecule has 4 rings (SSSR count). The van der Waals surface area contributed by atoms with Crippen molar-refractivity contribution in [3.8, 4) is 0 Å². The van der Waals surface area contributed by atoms with E-state index in [1.807, 2.05) is 12.1 Å². The Kier molecular flexibility index (Phi) is 11.9. The number of para-hydroxylation sites is 2. The number of nitrogens with one attached hydrogen (secondary N) is 4. The summed E-state index contributed by atoms with van der Waals surface area (Å²) in [5.74, 6) is -0.739. The number of ether oxygens (including phenoxy) is 2. The van der Waals surface area contributed by atoms with Crippen LogP contribution in [0.25, 0.3) is 0 Å². The van der Waals surface area contributed by atoms with Gasteiger partial charge in [-0.3, -0.25) is 15.0 Å². The van der Waals surface area contributed by atoms with Crippen molar-refractivity contribution in [1.29, 1.82) is 0 Å². The van der Waals surface area contributed by atoms with Gasteiger partial charge in [0.05, 0.1) is 30.6 Å². The van der Waals surface area contributed by atoms with Gasteiger partial charge in [-0.1, -0.05) is 42.5 Å². The normalized spacial score (nSPS) is 14.2. The maximum Gasteiger partial charge on any atom is 0.412 e. The van der Waals surface area contributed by atoms with Crippen LogP contribution in [0.3, 0.4) is 0 Å². The molecule has 1 unspecified atom stereocenters. The second kappa shape index (κ2) is 16.0. The molecule has 0 aromatic heterocycles. The summed E-state index contributed by atoms with van der Waals surface area (Å²) >= 11 is 0. The van der Waals surface area contributed by atoms with Crippen molar-refractivity contribution in [2.24, 2.45) is 0 Å². The predicted molar refractivity (Wildman–Crippen MR) is 172 cm³/mol. The van der Waals surface area contributed by atoms with E-state index in [1.54, 1.807) is 75.4 Å². The third-order valence-electron chi connectivity index (χ3n) is 7.16. The highest BCUT2D eigenvalue weighted by molar-refractivity contribution is 6.06. The third-order valence-corrected chi connectivity index (χ3v) is 7.16. The van der Waals surface area contributed by atoms with E-state index in [4.69, 9.17) is 9.47 Å². The molecule has 0 saturated carbocycles. The quantitative estimate of drug-likeness (QED) is 0.207. The van der Waals surface area contributed by atoms with Gasteiger partial charge in [0, 0.05) is 30.8 Å². The highest BCUT2D eigenvalue weighted by Gasteiger charge is 2.20. The molecule has 0 radical (unpaired) electrons. The molecule has 11 heteroatoms. The third kappa shape index (κ3) is 10.9. The second-order valence-corrected chi connectivity index (χ2v) is 11.8. The van der Waals surface area contributed by atoms with Crippen molar-refractivity contribution in [2.75, 3.05) is 43.5 Å². The van der Waals surface area contributed by atoms with Crippen molar-refractivity contribution >= 4 is 29.4 Å². The summed E-state index contributed by atoms with van der Waals surface area (Å²) < 4.78 is 24.8. The van der Waals surface area contributed by atoms with Crippen LogP contribution >= 0.6 is 0 Å². The fourth-order valence-electron chi connectivity index (χ4n) is 4.87. The molecule has 0 bridgehead atoms. The molecule has 1 fully saturated rings. The average Bonchev–Trinajstić information content (AvgIpc) is 3.01. The molecule has 3 aromatic rings. The van der Waals surface area contributed by atoms with Crippen LogP contribution < -0.4 is 21.3 Å². The zero-order chi connectivity index (χ0) is 32.2. The molecule has 4 N–H and O–H groups in total. The first kappa shape index (κ1) is 33.4. The molecule has 1 aliphatic heterocycles. The van der Waals surface area contributed by atoms with E-state index >= 15 is 0 Å². The minimum atomic E-state index is -0.667. The number of amides is 4. The number of urea groups is 1. The smallest absolute Gasteiger partial charge is 0.412 e. The lowest BCUT2D eigenvalue weighted by Crippen LogP contribution is -2.39. The van der Waals surface area contributed by atoms with E-state index in [1.165, 1.54) is 6.07 Å². The van der Waals surface area contributed by atoms with Crippen molar-refractivity contribution in [3.63, 3.8) is 0 Å². The summed E-state index contributed by atoms with van der Waals surface area (Å²) in [6, 6.07) is 19.5. The van der Waals surface area contributed by atoms with Crippen molar-refractivity contribution < 1.29 is 28.2 Å². The van der Waals surface area contributed by atoms with Crippen LogP contribution in [-0.2, 0) is 16.0 Å². The van der Waals surface area contributed by atoms with E-state index in [2.05, 4.69) is 26.2 Å². The Morgan fingerprint density at radius 1 is 0.911 bits per heavy atom. The highest BCUT2D eigenvalue weighted by Crippen LogP contribution is 2.24. The summed E-state index contributed by atoms with van der Waals surface area (Å²) in [4.78, 5) is 40.7. The molecule has 3 aromatic carbocycles. The molecular formula is C34H42FN5O5.